The minimum Gasteiger partial charge on any atom is -0.316 e. The second-order valence-electron chi connectivity index (χ2n) is 4.04. The maximum absolute atomic E-state index is 12.0. The minimum absolute atomic E-state index is 0.549. The molecule has 15 heavy (non-hydrogen) atoms. The number of nitrogens with one attached hydrogen (secondary N) is 1. The molecule has 2 atom stereocenters. The number of rotatable bonds is 3. The number of pyridine rings is 1. The van der Waals surface area contributed by atoms with E-state index in [4.69, 9.17) is 0 Å². The van der Waals surface area contributed by atoms with Gasteiger partial charge in [-0.25, -0.2) is 4.98 Å². The van der Waals surface area contributed by atoms with E-state index in [0.29, 0.717) is 5.92 Å². The molecule has 1 aromatic heterocycles. The third-order valence-corrected chi connectivity index (χ3v) is 4.14. The SMILES string of the molecule is Cc1ccnc([S@@](=O)C[C@H]2CCNC2)c1. The lowest BCUT2D eigenvalue weighted by atomic mass is 10.2. The van der Waals surface area contributed by atoms with Crippen molar-refractivity contribution in [2.24, 2.45) is 5.92 Å². The van der Waals surface area contributed by atoms with Gasteiger partial charge in [-0.05, 0) is 50.0 Å². The van der Waals surface area contributed by atoms with Crippen LogP contribution in [0.1, 0.15) is 12.0 Å². The van der Waals surface area contributed by atoms with Crippen LogP contribution in [-0.4, -0.2) is 28.0 Å². The van der Waals surface area contributed by atoms with E-state index < -0.39 is 10.8 Å². The smallest absolute Gasteiger partial charge is 0.127 e. The van der Waals surface area contributed by atoms with Gasteiger partial charge in [-0.3, -0.25) is 4.21 Å². The Hall–Kier alpha value is -0.740. The zero-order valence-electron chi connectivity index (χ0n) is 8.90. The zero-order chi connectivity index (χ0) is 10.7. The first kappa shape index (κ1) is 10.8. The van der Waals surface area contributed by atoms with Crippen LogP contribution in [0.2, 0.25) is 0 Å². The molecule has 82 valence electrons. The molecular formula is C11H16N2OS. The molecule has 0 amide bonds. The highest BCUT2D eigenvalue weighted by molar-refractivity contribution is 7.84. The Labute approximate surface area is 92.8 Å². The molecule has 0 radical (unpaired) electrons. The average Bonchev–Trinajstić information content (AvgIpc) is 2.70. The fourth-order valence-electron chi connectivity index (χ4n) is 1.79. The van der Waals surface area contributed by atoms with Crippen molar-refractivity contribution < 1.29 is 4.21 Å². The molecule has 3 nitrogen and oxygen atoms in total. The lowest BCUT2D eigenvalue weighted by Crippen LogP contribution is -2.15. The van der Waals surface area contributed by atoms with Crippen LogP contribution >= 0.6 is 0 Å². The van der Waals surface area contributed by atoms with E-state index in [0.717, 1.165) is 35.9 Å². The van der Waals surface area contributed by atoms with Crippen LogP contribution in [0.25, 0.3) is 0 Å². The molecule has 4 heteroatoms. The molecule has 1 fully saturated rings. The summed E-state index contributed by atoms with van der Waals surface area (Å²) in [7, 11) is -0.935. The van der Waals surface area contributed by atoms with Crippen molar-refractivity contribution in [2.75, 3.05) is 18.8 Å². The average molecular weight is 224 g/mol. The highest BCUT2D eigenvalue weighted by Crippen LogP contribution is 2.13. The van der Waals surface area contributed by atoms with Gasteiger partial charge in [0.2, 0.25) is 0 Å². The number of nitrogens with zero attached hydrogens (tertiary/aromatic N) is 1. The number of hydrogen-bond acceptors (Lipinski definition) is 3. The van der Waals surface area contributed by atoms with Gasteiger partial charge >= 0.3 is 0 Å². The Morgan fingerprint density at radius 3 is 3.20 bits per heavy atom. The quantitative estimate of drug-likeness (QED) is 0.836. The molecule has 1 aromatic rings. The Bertz CT molecular complexity index is 361. The number of aryl methyl sites for hydroxylation is 1. The summed E-state index contributed by atoms with van der Waals surface area (Å²) < 4.78 is 12.0. The highest BCUT2D eigenvalue weighted by atomic mass is 32.2. The summed E-state index contributed by atoms with van der Waals surface area (Å²) in [5.74, 6) is 1.29. The van der Waals surface area contributed by atoms with Crippen LogP contribution < -0.4 is 5.32 Å². The summed E-state index contributed by atoms with van der Waals surface area (Å²) in [5.41, 5.74) is 1.12. The van der Waals surface area contributed by atoms with Crippen molar-refractivity contribution in [1.82, 2.24) is 10.3 Å². The van der Waals surface area contributed by atoms with Crippen LogP contribution in [0.3, 0.4) is 0 Å². The third kappa shape index (κ3) is 2.86. The number of aromatic nitrogens is 1. The first-order valence-electron chi connectivity index (χ1n) is 5.27. The Morgan fingerprint density at radius 2 is 2.53 bits per heavy atom. The number of hydrogen-bond donors (Lipinski definition) is 1. The molecule has 0 aromatic carbocycles. The molecule has 1 N–H and O–H groups in total. The Morgan fingerprint density at radius 1 is 1.67 bits per heavy atom. The van der Waals surface area contributed by atoms with E-state index in [1.807, 2.05) is 19.1 Å². The molecule has 0 unspecified atom stereocenters. The van der Waals surface area contributed by atoms with Crippen LogP contribution in [0.4, 0.5) is 0 Å². The topological polar surface area (TPSA) is 42.0 Å². The largest absolute Gasteiger partial charge is 0.316 e. The monoisotopic (exact) mass is 224 g/mol. The molecule has 0 aliphatic carbocycles. The Kier molecular flexibility index (Phi) is 3.49. The fourth-order valence-corrected chi connectivity index (χ4v) is 3.17. The van der Waals surface area contributed by atoms with Gasteiger partial charge in [0.15, 0.2) is 0 Å². The van der Waals surface area contributed by atoms with Gasteiger partial charge in [0, 0.05) is 11.9 Å². The maximum atomic E-state index is 12.0. The van der Waals surface area contributed by atoms with E-state index in [1.165, 1.54) is 0 Å². The molecule has 2 heterocycles. The van der Waals surface area contributed by atoms with Gasteiger partial charge in [-0.15, -0.1) is 0 Å². The van der Waals surface area contributed by atoms with Crippen molar-refractivity contribution in [1.29, 1.82) is 0 Å². The molecule has 1 aliphatic rings. The van der Waals surface area contributed by atoms with Gasteiger partial charge in [0.25, 0.3) is 0 Å². The van der Waals surface area contributed by atoms with Gasteiger partial charge < -0.3 is 5.32 Å². The summed E-state index contributed by atoms with van der Waals surface area (Å²) >= 11 is 0. The first-order chi connectivity index (χ1) is 7.25. The second kappa shape index (κ2) is 4.86. The van der Waals surface area contributed by atoms with Gasteiger partial charge in [0.05, 0.1) is 10.8 Å². The van der Waals surface area contributed by atoms with E-state index in [1.54, 1.807) is 6.20 Å². The van der Waals surface area contributed by atoms with Crippen molar-refractivity contribution in [2.45, 2.75) is 18.4 Å². The predicted molar refractivity (Wildman–Crippen MR) is 61.2 cm³/mol. The van der Waals surface area contributed by atoms with Crippen LogP contribution in [0.5, 0.6) is 0 Å². The van der Waals surface area contributed by atoms with E-state index in [-0.39, 0.29) is 0 Å². The van der Waals surface area contributed by atoms with E-state index >= 15 is 0 Å². The zero-order valence-corrected chi connectivity index (χ0v) is 9.72. The molecule has 2 rings (SSSR count). The van der Waals surface area contributed by atoms with Gasteiger partial charge in [-0.2, -0.15) is 0 Å². The summed E-state index contributed by atoms with van der Waals surface area (Å²) in [6.07, 6.45) is 2.87. The molecule has 1 saturated heterocycles. The highest BCUT2D eigenvalue weighted by Gasteiger charge is 2.18. The van der Waals surface area contributed by atoms with Gasteiger partial charge in [-0.1, -0.05) is 0 Å². The van der Waals surface area contributed by atoms with Crippen LogP contribution in [-0.2, 0) is 10.8 Å². The first-order valence-corrected chi connectivity index (χ1v) is 6.59. The summed E-state index contributed by atoms with van der Waals surface area (Å²) in [4.78, 5) is 4.16. The third-order valence-electron chi connectivity index (χ3n) is 2.67. The van der Waals surface area contributed by atoms with Crippen molar-refractivity contribution in [3.63, 3.8) is 0 Å². The summed E-state index contributed by atoms with van der Waals surface area (Å²) in [6, 6.07) is 3.84. The van der Waals surface area contributed by atoms with Crippen molar-refractivity contribution >= 4 is 10.8 Å². The lowest BCUT2D eigenvalue weighted by molar-refractivity contribution is 0.631. The molecule has 1 aliphatic heterocycles. The minimum atomic E-state index is -0.935. The van der Waals surface area contributed by atoms with Crippen molar-refractivity contribution in [3.8, 4) is 0 Å². The molecule has 0 spiro atoms. The lowest BCUT2D eigenvalue weighted by Gasteiger charge is -2.07. The maximum Gasteiger partial charge on any atom is 0.127 e. The standard InChI is InChI=1S/C11H16N2OS/c1-9-2-5-13-11(6-9)15(14)8-10-3-4-12-7-10/h2,5-6,10,12H,3-4,7-8H2,1H3/t10-,15-/m0/s1. The second-order valence-corrected chi connectivity index (χ2v) is 5.49. The molecular weight excluding hydrogens is 208 g/mol. The summed E-state index contributed by atoms with van der Waals surface area (Å²) in [5, 5.41) is 4.01. The fraction of sp³-hybridized carbons (Fsp3) is 0.545. The van der Waals surface area contributed by atoms with E-state index in [2.05, 4.69) is 10.3 Å². The van der Waals surface area contributed by atoms with Crippen LogP contribution in [0, 0.1) is 12.8 Å². The molecule has 0 saturated carbocycles. The normalized spacial score (nSPS) is 22.9. The van der Waals surface area contributed by atoms with Crippen molar-refractivity contribution in [3.05, 3.63) is 23.9 Å². The summed E-state index contributed by atoms with van der Waals surface area (Å²) in [6.45, 7) is 4.06. The predicted octanol–water partition coefficient (Wildman–Crippen LogP) is 1.11. The molecule has 0 bridgehead atoms. The van der Waals surface area contributed by atoms with E-state index in [9.17, 15) is 4.21 Å². The Balaban J connectivity index is 2.01. The van der Waals surface area contributed by atoms with Gasteiger partial charge in [0.1, 0.15) is 5.03 Å². The van der Waals surface area contributed by atoms with Crippen LogP contribution in [0.15, 0.2) is 23.4 Å².